The Balaban J connectivity index is 2.11. The monoisotopic (exact) mass is 529 g/mol. The summed E-state index contributed by atoms with van der Waals surface area (Å²) in [6.07, 6.45) is -2.93. The number of esters is 3. The molecule has 1 aromatic heterocycles. The highest BCUT2D eigenvalue weighted by molar-refractivity contribution is 9.09. The minimum Gasteiger partial charge on any atom is -0.463 e. The van der Waals surface area contributed by atoms with E-state index in [1.54, 1.807) is 6.07 Å². The van der Waals surface area contributed by atoms with Gasteiger partial charge in [0.2, 0.25) is 5.72 Å². The van der Waals surface area contributed by atoms with Crippen LogP contribution in [0.1, 0.15) is 20.8 Å². The van der Waals surface area contributed by atoms with Crippen molar-refractivity contribution in [2.24, 2.45) is 0 Å². The molecule has 13 heteroatoms. The SMILES string of the molecule is CC(=O)OC[C@H]1OC(Br)[C@H](OC(C)=O)[C@](O)(n2cc(-c3cccc(F)c3)nn2)[C@H]1OC(C)=O. The highest BCUT2D eigenvalue weighted by atomic mass is 79.9. The minimum absolute atomic E-state index is 0.181. The van der Waals surface area contributed by atoms with E-state index in [0.29, 0.717) is 5.56 Å². The average Bonchev–Trinajstić information content (AvgIpc) is 3.22. The van der Waals surface area contributed by atoms with Gasteiger partial charge in [0.25, 0.3) is 0 Å². The molecule has 1 aliphatic heterocycles. The first-order valence-corrected chi connectivity index (χ1v) is 10.6. The molecule has 0 saturated carbocycles. The number of halogens is 2. The van der Waals surface area contributed by atoms with E-state index >= 15 is 0 Å². The van der Waals surface area contributed by atoms with Gasteiger partial charge in [-0.05, 0) is 12.1 Å². The highest BCUT2D eigenvalue weighted by Crippen LogP contribution is 2.40. The summed E-state index contributed by atoms with van der Waals surface area (Å²) in [7, 11) is 0. The average molecular weight is 530 g/mol. The number of hydrogen-bond donors (Lipinski definition) is 1. The summed E-state index contributed by atoms with van der Waals surface area (Å²) in [5, 5.41) is 18.6. The van der Waals surface area contributed by atoms with Crippen LogP contribution in [-0.2, 0) is 39.1 Å². The molecule has 1 aliphatic rings. The second-order valence-corrected chi connectivity index (χ2v) is 8.13. The van der Waals surface area contributed by atoms with E-state index in [1.165, 1.54) is 31.3 Å². The van der Waals surface area contributed by atoms with Crippen LogP contribution in [0.15, 0.2) is 30.5 Å². The Morgan fingerprint density at radius 3 is 2.45 bits per heavy atom. The molecule has 5 atom stereocenters. The summed E-state index contributed by atoms with van der Waals surface area (Å²) in [4.78, 5) is 35.0. The maximum Gasteiger partial charge on any atom is 0.303 e. The van der Waals surface area contributed by atoms with E-state index < -0.39 is 59.4 Å². The largest absolute Gasteiger partial charge is 0.463 e. The van der Waals surface area contributed by atoms with Crippen molar-refractivity contribution in [1.82, 2.24) is 15.0 Å². The van der Waals surface area contributed by atoms with Crippen LogP contribution < -0.4 is 0 Å². The molecule has 0 aliphatic carbocycles. The van der Waals surface area contributed by atoms with Crippen LogP contribution >= 0.6 is 15.9 Å². The normalized spacial score (nSPS) is 27.0. The van der Waals surface area contributed by atoms with Gasteiger partial charge in [-0.15, -0.1) is 5.10 Å². The number of rotatable bonds is 6. The summed E-state index contributed by atoms with van der Waals surface area (Å²) < 4.78 is 35.9. The lowest BCUT2D eigenvalue weighted by atomic mass is 9.92. The summed E-state index contributed by atoms with van der Waals surface area (Å²) in [6, 6.07) is 5.52. The Bertz CT molecular complexity index is 1050. The van der Waals surface area contributed by atoms with Crippen molar-refractivity contribution < 1.29 is 42.8 Å². The molecule has 1 aromatic carbocycles. The van der Waals surface area contributed by atoms with E-state index in [4.69, 9.17) is 18.9 Å². The quantitative estimate of drug-likeness (QED) is 0.330. The predicted octanol–water partition coefficient (Wildman–Crippen LogP) is 1.28. The fourth-order valence-corrected chi connectivity index (χ4v) is 4.18. The van der Waals surface area contributed by atoms with Gasteiger partial charge < -0.3 is 24.1 Å². The maximum absolute atomic E-state index is 13.7. The van der Waals surface area contributed by atoms with E-state index in [0.717, 1.165) is 18.5 Å². The van der Waals surface area contributed by atoms with Crippen molar-refractivity contribution >= 4 is 33.8 Å². The Morgan fingerprint density at radius 1 is 1.18 bits per heavy atom. The number of ether oxygens (including phenoxy) is 4. The highest BCUT2D eigenvalue weighted by Gasteiger charge is 2.61. The summed E-state index contributed by atoms with van der Waals surface area (Å²) in [5.74, 6) is -2.71. The number of benzene rings is 1. The van der Waals surface area contributed by atoms with Crippen LogP contribution in [-0.4, -0.2) is 67.9 Å². The summed E-state index contributed by atoms with van der Waals surface area (Å²) in [5.41, 5.74) is -1.82. The Morgan fingerprint density at radius 2 is 1.85 bits per heavy atom. The van der Waals surface area contributed by atoms with Crippen molar-refractivity contribution in [3.05, 3.63) is 36.3 Å². The zero-order valence-electron chi connectivity index (χ0n) is 17.8. The van der Waals surface area contributed by atoms with Crippen LogP contribution in [0.3, 0.4) is 0 Å². The third-order valence-corrected chi connectivity index (χ3v) is 5.43. The van der Waals surface area contributed by atoms with E-state index in [2.05, 4.69) is 26.2 Å². The van der Waals surface area contributed by atoms with E-state index in [-0.39, 0.29) is 5.69 Å². The number of aromatic nitrogens is 3. The zero-order chi connectivity index (χ0) is 24.3. The van der Waals surface area contributed by atoms with Crippen LogP contribution in [0.4, 0.5) is 4.39 Å². The first-order valence-electron chi connectivity index (χ1n) is 9.70. The Hall–Kier alpha value is -2.90. The second-order valence-electron chi connectivity index (χ2n) is 7.23. The van der Waals surface area contributed by atoms with Gasteiger partial charge in [0.1, 0.15) is 24.2 Å². The molecule has 0 bridgehead atoms. The third kappa shape index (κ3) is 5.37. The van der Waals surface area contributed by atoms with Crippen molar-refractivity contribution in [3.63, 3.8) is 0 Å². The standard InChI is InChI=1S/C20H21BrFN3O8/c1-10(26)30-9-16-17(31-11(2)27)20(29,18(19(21)33-16)32-12(3)28)25-8-15(23-24-25)13-5-4-6-14(22)7-13/h4-8,16-19,29H,9H2,1-3H3/t16-,17+,18+,19?,20+/m1/s1. The number of aliphatic hydroxyl groups is 1. The zero-order valence-corrected chi connectivity index (χ0v) is 19.4. The Labute approximate surface area is 195 Å². The lowest BCUT2D eigenvalue weighted by molar-refractivity contribution is -0.301. The van der Waals surface area contributed by atoms with Gasteiger partial charge in [-0.1, -0.05) is 33.3 Å². The first kappa shape index (κ1) is 24.7. The van der Waals surface area contributed by atoms with Crippen LogP contribution in [0.25, 0.3) is 11.3 Å². The summed E-state index contributed by atoms with van der Waals surface area (Å²) >= 11 is 3.21. The second kappa shape index (κ2) is 9.93. The van der Waals surface area contributed by atoms with Gasteiger partial charge in [-0.2, -0.15) is 0 Å². The molecular weight excluding hydrogens is 509 g/mol. The van der Waals surface area contributed by atoms with Crippen LogP contribution in [0, 0.1) is 5.82 Å². The van der Waals surface area contributed by atoms with E-state index in [9.17, 15) is 23.9 Å². The molecule has 1 unspecified atom stereocenters. The maximum atomic E-state index is 13.7. The van der Waals surface area contributed by atoms with Crippen molar-refractivity contribution in [2.45, 2.75) is 49.8 Å². The van der Waals surface area contributed by atoms with Gasteiger partial charge in [0.05, 0.1) is 6.20 Å². The smallest absolute Gasteiger partial charge is 0.303 e. The number of nitrogens with zero attached hydrogens (tertiary/aromatic N) is 3. The first-order chi connectivity index (χ1) is 15.5. The van der Waals surface area contributed by atoms with Gasteiger partial charge >= 0.3 is 17.9 Å². The number of alkyl halides is 1. The lowest BCUT2D eigenvalue weighted by Crippen LogP contribution is -2.68. The lowest BCUT2D eigenvalue weighted by Gasteiger charge is -2.48. The molecular formula is C20H21BrFN3O8. The van der Waals surface area contributed by atoms with Gasteiger partial charge in [0, 0.05) is 26.3 Å². The molecule has 178 valence electrons. The molecule has 0 radical (unpaired) electrons. The summed E-state index contributed by atoms with van der Waals surface area (Å²) in [6.45, 7) is 3.00. The van der Waals surface area contributed by atoms with Gasteiger partial charge in [-0.25, -0.2) is 9.07 Å². The third-order valence-electron chi connectivity index (χ3n) is 4.74. The van der Waals surface area contributed by atoms with Gasteiger partial charge in [-0.3, -0.25) is 14.4 Å². The number of hydrogen-bond acceptors (Lipinski definition) is 10. The number of carbonyl (C=O) groups is 3. The van der Waals surface area contributed by atoms with Gasteiger partial charge in [0.15, 0.2) is 17.2 Å². The molecule has 11 nitrogen and oxygen atoms in total. The fourth-order valence-electron chi connectivity index (χ4n) is 3.40. The van der Waals surface area contributed by atoms with E-state index in [1.807, 2.05) is 0 Å². The fraction of sp³-hybridized carbons (Fsp3) is 0.450. The van der Waals surface area contributed by atoms with Crippen LogP contribution in [0.2, 0.25) is 0 Å². The molecule has 2 aromatic rings. The van der Waals surface area contributed by atoms with Crippen molar-refractivity contribution in [1.29, 1.82) is 0 Å². The molecule has 1 fully saturated rings. The topological polar surface area (TPSA) is 139 Å². The molecule has 1 saturated heterocycles. The van der Waals surface area contributed by atoms with Crippen molar-refractivity contribution in [3.8, 4) is 11.3 Å². The number of carbonyl (C=O) groups excluding carboxylic acids is 3. The van der Waals surface area contributed by atoms with Crippen LogP contribution in [0.5, 0.6) is 0 Å². The Kier molecular flexibility index (Phi) is 7.44. The molecule has 1 N–H and O–H groups in total. The van der Waals surface area contributed by atoms with Crippen molar-refractivity contribution in [2.75, 3.05) is 6.61 Å². The molecule has 33 heavy (non-hydrogen) atoms. The molecule has 3 rings (SSSR count). The predicted molar refractivity (Wildman–Crippen MR) is 111 cm³/mol. The molecule has 0 amide bonds. The minimum atomic E-state index is -2.35. The molecule has 0 spiro atoms. The molecule has 2 heterocycles.